The van der Waals surface area contributed by atoms with Gasteiger partial charge in [0.2, 0.25) is 0 Å². The van der Waals surface area contributed by atoms with E-state index < -0.39 is 17.1 Å². The van der Waals surface area contributed by atoms with Gasteiger partial charge in [-0.25, -0.2) is 4.79 Å². The van der Waals surface area contributed by atoms with E-state index >= 15 is 0 Å². The molecule has 0 saturated carbocycles. The van der Waals surface area contributed by atoms with E-state index in [1.165, 1.54) is 0 Å². The van der Waals surface area contributed by atoms with Crippen LogP contribution in [0.15, 0.2) is 0 Å². The van der Waals surface area contributed by atoms with Crippen LogP contribution in [0.5, 0.6) is 0 Å². The molecule has 1 unspecified atom stereocenters. The number of urea groups is 1. The van der Waals surface area contributed by atoms with Gasteiger partial charge in [-0.2, -0.15) is 0 Å². The number of carbonyl (C=O) groups is 1. The third kappa shape index (κ3) is 4.32. The number of halogens is 2. The number of hydrogen-bond donors (Lipinski definition) is 3. The van der Waals surface area contributed by atoms with Crippen LogP contribution in [0.3, 0.4) is 0 Å². The molecule has 0 fully saturated rings. The molecule has 0 aliphatic carbocycles. The fourth-order valence-corrected chi connectivity index (χ4v) is 0.335. The number of alkyl halides is 2. The summed E-state index contributed by atoms with van der Waals surface area (Å²) in [7, 11) is 0. The van der Waals surface area contributed by atoms with Crippen molar-refractivity contribution in [3.63, 3.8) is 0 Å². The number of nitrogens with one attached hydrogen (secondary N) is 1. The quantitative estimate of drug-likeness (QED) is 0.398. The molecule has 0 aromatic carbocycles. The second kappa shape index (κ2) is 3.76. The molecule has 0 rings (SSSR count). The van der Waals surface area contributed by atoms with Crippen LogP contribution in [-0.2, 0) is 0 Å². The number of amides is 2. The molecule has 4 nitrogen and oxygen atoms in total. The predicted octanol–water partition coefficient (Wildman–Crippen LogP) is -0.223. The van der Waals surface area contributed by atoms with Gasteiger partial charge in [-0.3, -0.25) is 0 Å². The number of aliphatic hydroxyl groups is 1. The Hall–Kier alpha value is -0.190. The molecular weight excluding hydrogens is 167 g/mol. The lowest BCUT2D eigenvalue weighted by Gasteiger charge is -2.09. The Morgan fingerprint density at radius 2 is 2.11 bits per heavy atom. The Bertz CT molecular complexity index is 108. The minimum absolute atomic E-state index is 0.867. The molecule has 0 aliphatic heterocycles. The Balaban J connectivity index is 3.50. The minimum Gasteiger partial charge on any atom is -0.371 e. The standard InChI is InChI=1S/C3H6Cl2N2O2/c4-1(5)2(8)7-3(6)9/h1-2,8H,(H3,6,7,9). The van der Waals surface area contributed by atoms with Crippen molar-refractivity contribution < 1.29 is 9.90 Å². The molecule has 0 heterocycles. The highest BCUT2D eigenvalue weighted by Gasteiger charge is 2.13. The van der Waals surface area contributed by atoms with Gasteiger partial charge < -0.3 is 16.2 Å². The first-order valence-corrected chi connectivity index (χ1v) is 2.93. The molecule has 9 heavy (non-hydrogen) atoms. The Morgan fingerprint density at radius 3 is 2.22 bits per heavy atom. The third-order valence-electron chi connectivity index (χ3n) is 0.529. The van der Waals surface area contributed by atoms with Crippen molar-refractivity contribution in [1.29, 1.82) is 0 Å². The van der Waals surface area contributed by atoms with Crippen LogP contribution in [0.2, 0.25) is 0 Å². The van der Waals surface area contributed by atoms with E-state index in [0.29, 0.717) is 0 Å². The van der Waals surface area contributed by atoms with Gasteiger partial charge in [0.1, 0.15) is 0 Å². The van der Waals surface area contributed by atoms with Crippen LogP contribution in [0, 0.1) is 0 Å². The van der Waals surface area contributed by atoms with Crippen molar-refractivity contribution in [2.75, 3.05) is 0 Å². The van der Waals surface area contributed by atoms with E-state index in [2.05, 4.69) is 5.73 Å². The van der Waals surface area contributed by atoms with E-state index in [9.17, 15) is 4.79 Å². The second-order valence-corrected chi connectivity index (χ2v) is 2.45. The summed E-state index contributed by atoms with van der Waals surface area (Å²) in [6.07, 6.45) is -1.30. The van der Waals surface area contributed by atoms with Gasteiger partial charge in [0.15, 0.2) is 11.1 Å². The van der Waals surface area contributed by atoms with Crippen molar-refractivity contribution in [2.45, 2.75) is 11.1 Å². The predicted molar refractivity (Wildman–Crippen MR) is 34.2 cm³/mol. The zero-order valence-corrected chi connectivity index (χ0v) is 5.86. The van der Waals surface area contributed by atoms with Gasteiger partial charge >= 0.3 is 6.03 Å². The van der Waals surface area contributed by atoms with Crippen LogP contribution in [-0.4, -0.2) is 22.2 Å². The number of primary amides is 1. The summed E-state index contributed by atoms with van der Waals surface area (Å²) in [5, 5.41) is 10.5. The summed E-state index contributed by atoms with van der Waals surface area (Å²) in [5.41, 5.74) is 4.60. The SMILES string of the molecule is NC(=O)NC(O)C(Cl)Cl. The fourth-order valence-electron chi connectivity index (χ4n) is 0.209. The number of nitrogens with two attached hydrogens (primary N) is 1. The lowest BCUT2D eigenvalue weighted by molar-refractivity contribution is 0.155. The maximum absolute atomic E-state index is 9.95. The summed E-state index contributed by atoms with van der Waals surface area (Å²) < 4.78 is 0. The Kier molecular flexibility index (Phi) is 3.68. The molecule has 0 aliphatic rings. The van der Waals surface area contributed by atoms with Crippen LogP contribution in [0.1, 0.15) is 0 Å². The number of aliphatic hydroxyl groups excluding tert-OH is 1. The highest BCUT2D eigenvalue weighted by molar-refractivity contribution is 6.44. The Labute approximate surface area is 61.9 Å². The molecule has 0 bridgehead atoms. The highest BCUT2D eigenvalue weighted by atomic mass is 35.5. The van der Waals surface area contributed by atoms with Crippen LogP contribution < -0.4 is 11.1 Å². The van der Waals surface area contributed by atoms with Gasteiger partial charge in [0.05, 0.1) is 0 Å². The van der Waals surface area contributed by atoms with E-state index in [0.717, 1.165) is 0 Å². The largest absolute Gasteiger partial charge is 0.371 e. The van der Waals surface area contributed by atoms with Crippen molar-refractivity contribution in [2.24, 2.45) is 5.73 Å². The lowest BCUT2D eigenvalue weighted by atomic mass is 10.6. The summed E-state index contributed by atoms with van der Waals surface area (Å²) >= 11 is 10.2. The molecule has 1 atom stereocenters. The first-order valence-electron chi connectivity index (χ1n) is 2.06. The lowest BCUT2D eigenvalue weighted by Crippen LogP contribution is -2.42. The van der Waals surface area contributed by atoms with Crippen LogP contribution in [0.25, 0.3) is 0 Å². The normalized spacial score (nSPS) is 13.3. The van der Waals surface area contributed by atoms with Crippen LogP contribution >= 0.6 is 23.2 Å². The fraction of sp³-hybridized carbons (Fsp3) is 0.667. The number of hydrogen-bond acceptors (Lipinski definition) is 2. The van der Waals surface area contributed by atoms with E-state index in [1.807, 2.05) is 5.32 Å². The third-order valence-corrected chi connectivity index (χ3v) is 1.01. The van der Waals surface area contributed by atoms with E-state index in [4.69, 9.17) is 28.3 Å². The molecule has 0 aromatic rings. The van der Waals surface area contributed by atoms with Crippen molar-refractivity contribution in [3.05, 3.63) is 0 Å². The average Bonchev–Trinajstić information content (AvgIpc) is 1.63. The van der Waals surface area contributed by atoms with Gasteiger partial charge in [-0.05, 0) is 0 Å². The molecular formula is C3H6Cl2N2O2. The van der Waals surface area contributed by atoms with E-state index in [1.54, 1.807) is 0 Å². The van der Waals surface area contributed by atoms with Gasteiger partial charge in [-0.1, -0.05) is 0 Å². The van der Waals surface area contributed by atoms with Crippen molar-refractivity contribution in [1.82, 2.24) is 5.32 Å². The summed E-state index contributed by atoms with van der Waals surface area (Å²) in [5.74, 6) is 0. The molecule has 4 N–H and O–H groups in total. The first-order chi connectivity index (χ1) is 4.04. The monoisotopic (exact) mass is 172 g/mol. The maximum Gasteiger partial charge on any atom is 0.314 e. The zero-order chi connectivity index (χ0) is 7.44. The summed E-state index contributed by atoms with van der Waals surface area (Å²) in [6.45, 7) is 0. The molecule has 0 aromatic heterocycles. The Morgan fingerprint density at radius 1 is 1.67 bits per heavy atom. The highest BCUT2D eigenvalue weighted by Crippen LogP contribution is 2.04. The molecule has 0 spiro atoms. The minimum atomic E-state index is -1.30. The summed E-state index contributed by atoms with van der Waals surface area (Å²) in [6, 6.07) is -0.867. The molecule has 54 valence electrons. The van der Waals surface area contributed by atoms with Gasteiger partial charge in [0, 0.05) is 0 Å². The van der Waals surface area contributed by atoms with Crippen LogP contribution in [0.4, 0.5) is 4.79 Å². The smallest absolute Gasteiger partial charge is 0.314 e. The summed E-state index contributed by atoms with van der Waals surface area (Å²) in [4.78, 5) is 8.89. The van der Waals surface area contributed by atoms with Crippen molar-refractivity contribution >= 4 is 29.2 Å². The van der Waals surface area contributed by atoms with Crippen molar-refractivity contribution in [3.8, 4) is 0 Å². The van der Waals surface area contributed by atoms with E-state index in [-0.39, 0.29) is 0 Å². The first kappa shape index (κ1) is 8.81. The topological polar surface area (TPSA) is 75.4 Å². The zero-order valence-electron chi connectivity index (χ0n) is 4.34. The van der Waals surface area contributed by atoms with Gasteiger partial charge in [0.25, 0.3) is 0 Å². The average molecular weight is 173 g/mol. The van der Waals surface area contributed by atoms with Gasteiger partial charge in [-0.15, -0.1) is 23.2 Å². The second-order valence-electron chi connectivity index (χ2n) is 1.29. The molecule has 2 amide bonds. The number of rotatable bonds is 2. The molecule has 6 heteroatoms. The molecule has 0 saturated heterocycles. The maximum atomic E-state index is 9.95. The molecule has 0 radical (unpaired) electrons. The number of carbonyl (C=O) groups excluding carboxylic acids is 1.